The zero-order valence-electron chi connectivity index (χ0n) is 15.2. The van der Waals surface area contributed by atoms with Crippen molar-refractivity contribution in [1.29, 1.82) is 0 Å². The first-order valence-corrected chi connectivity index (χ1v) is 9.38. The molecule has 0 saturated heterocycles. The average Bonchev–Trinajstić information content (AvgIpc) is 2.67. The third-order valence-electron chi connectivity index (χ3n) is 5.12. The molecular weight excluding hydrogens is 300 g/mol. The van der Waals surface area contributed by atoms with E-state index < -0.39 is 0 Å². The van der Waals surface area contributed by atoms with Crippen LogP contribution >= 0.6 is 0 Å². The van der Waals surface area contributed by atoms with Crippen LogP contribution in [0.2, 0.25) is 0 Å². The highest BCUT2D eigenvalue weighted by Gasteiger charge is 2.16. The van der Waals surface area contributed by atoms with Crippen molar-refractivity contribution in [3.05, 3.63) is 95.6 Å². The van der Waals surface area contributed by atoms with Gasteiger partial charge in [0.05, 0.1) is 0 Å². The molecule has 2 aromatic carbocycles. The first-order valence-electron chi connectivity index (χ1n) is 9.38. The number of hydrogen-bond acceptors (Lipinski definition) is 0. The van der Waals surface area contributed by atoms with Gasteiger partial charge in [0.25, 0.3) is 0 Å². The lowest BCUT2D eigenvalue weighted by molar-refractivity contribution is 0.485. The topological polar surface area (TPSA) is 0 Å². The molecule has 0 heterocycles. The molecule has 2 atom stereocenters. The van der Waals surface area contributed by atoms with E-state index in [1.54, 1.807) is 0 Å². The van der Waals surface area contributed by atoms with Crippen molar-refractivity contribution in [2.75, 3.05) is 0 Å². The van der Waals surface area contributed by atoms with Gasteiger partial charge in [-0.3, -0.25) is 0 Å². The highest BCUT2D eigenvalue weighted by atomic mass is 14.2. The SMILES string of the molecule is C=CCCC1C=CC(c2ccc(/C=C/c3ccc(C)cc3)cc2)CC1. The van der Waals surface area contributed by atoms with Crippen molar-refractivity contribution in [3.8, 4) is 0 Å². The van der Waals surface area contributed by atoms with Crippen LogP contribution in [-0.4, -0.2) is 0 Å². The summed E-state index contributed by atoms with van der Waals surface area (Å²) in [6.45, 7) is 5.94. The molecule has 0 aromatic heterocycles. The van der Waals surface area contributed by atoms with Gasteiger partial charge < -0.3 is 0 Å². The summed E-state index contributed by atoms with van der Waals surface area (Å²) < 4.78 is 0. The molecule has 0 heteroatoms. The van der Waals surface area contributed by atoms with Gasteiger partial charge in [-0.25, -0.2) is 0 Å². The van der Waals surface area contributed by atoms with E-state index in [0.717, 1.165) is 12.3 Å². The van der Waals surface area contributed by atoms with Crippen molar-refractivity contribution in [1.82, 2.24) is 0 Å². The molecule has 3 rings (SSSR count). The van der Waals surface area contributed by atoms with Crippen LogP contribution < -0.4 is 0 Å². The van der Waals surface area contributed by atoms with Gasteiger partial charge >= 0.3 is 0 Å². The maximum atomic E-state index is 3.82. The van der Waals surface area contributed by atoms with Crippen LogP contribution in [0.25, 0.3) is 12.2 Å². The minimum absolute atomic E-state index is 0.579. The van der Waals surface area contributed by atoms with Gasteiger partial charge in [0.1, 0.15) is 0 Å². The van der Waals surface area contributed by atoms with Gasteiger partial charge in [-0.1, -0.05) is 84.5 Å². The Morgan fingerprint density at radius 1 is 0.880 bits per heavy atom. The van der Waals surface area contributed by atoms with Crippen LogP contribution in [0.5, 0.6) is 0 Å². The second kappa shape index (κ2) is 8.67. The molecule has 0 saturated carbocycles. The number of hydrogen-bond donors (Lipinski definition) is 0. The van der Waals surface area contributed by atoms with E-state index in [0.29, 0.717) is 5.92 Å². The smallest absolute Gasteiger partial charge is 0.00182 e. The van der Waals surface area contributed by atoms with Crippen molar-refractivity contribution in [2.45, 2.75) is 38.5 Å². The molecule has 0 spiro atoms. The van der Waals surface area contributed by atoms with Crippen LogP contribution in [0.4, 0.5) is 0 Å². The zero-order valence-corrected chi connectivity index (χ0v) is 15.2. The maximum absolute atomic E-state index is 3.82. The van der Waals surface area contributed by atoms with E-state index in [9.17, 15) is 0 Å². The largest absolute Gasteiger partial charge is 0.103 e. The van der Waals surface area contributed by atoms with E-state index >= 15 is 0 Å². The van der Waals surface area contributed by atoms with Crippen molar-refractivity contribution >= 4 is 12.2 Å². The Hall–Kier alpha value is -2.34. The number of aryl methyl sites for hydroxylation is 1. The summed E-state index contributed by atoms with van der Waals surface area (Å²) in [7, 11) is 0. The molecule has 0 bridgehead atoms. The minimum Gasteiger partial charge on any atom is -0.103 e. The summed E-state index contributed by atoms with van der Waals surface area (Å²) in [5.74, 6) is 1.32. The summed E-state index contributed by atoms with van der Waals surface area (Å²) in [6.07, 6.45) is 16.2. The van der Waals surface area contributed by atoms with E-state index in [1.165, 1.54) is 41.5 Å². The number of rotatable bonds is 6. The second-order valence-electron chi connectivity index (χ2n) is 7.11. The molecule has 2 unspecified atom stereocenters. The molecule has 0 amide bonds. The van der Waals surface area contributed by atoms with Crippen LogP contribution in [-0.2, 0) is 0 Å². The van der Waals surface area contributed by atoms with Crippen molar-refractivity contribution in [3.63, 3.8) is 0 Å². The van der Waals surface area contributed by atoms with Gasteiger partial charge in [0, 0.05) is 5.92 Å². The van der Waals surface area contributed by atoms with Gasteiger partial charge in [0.2, 0.25) is 0 Å². The quantitative estimate of drug-likeness (QED) is 0.389. The normalized spacial score (nSPS) is 20.0. The maximum Gasteiger partial charge on any atom is 0.00182 e. The zero-order chi connectivity index (χ0) is 17.5. The minimum atomic E-state index is 0.579. The van der Waals surface area contributed by atoms with Crippen molar-refractivity contribution < 1.29 is 0 Å². The van der Waals surface area contributed by atoms with Crippen LogP contribution in [0.3, 0.4) is 0 Å². The summed E-state index contributed by atoms with van der Waals surface area (Å²) >= 11 is 0. The lowest BCUT2D eigenvalue weighted by atomic mass is 9.82. The Balaban J connectivity index is 1.60. The number of benzene rings is 2. The first-order chi connectivity index (χ1) is 12.2. The van der Waals surface area contributed by atoms with E-state index in [4.69, 9.17) is 0 Å². The fourth-order valence-corrected chi connectivity index (χ4v) is 3.45. The monoisotopic (exact) mass is 328 g/mol. The lowest BCUT2D eigenvalue weighted by Crippen LogP contribution is -2.07. The Morgan fingerprint density at radius 2 is 1.52 bits per heavy atom. The highest BCUT2D eigenvalue weighted by molar-refractivity contribution is 5.69. The molecule has 25 heavy (non-hydrogen) atoms. The molecule has 2 aromatic rings. The van der Waals surface area contributed by atoms with Gasteiger partial charge in [-0.05, 0) is 55.2 Å². The van der Waals surface area contributed by atoms with E-state index in [1.807, 2.05) is 6.08 Å². The molecule has 0 aliphatic heterocycles. The Morgan fingerprint density at radius 3 is 2.08 bits per heavy atom. The predicted octanol–water partition coefficient (Wildman–Crippen LogP) is 7.18. The summed E-state index contributed by atoms with van der Waals surface area (Å²) in [4.78, 5) is 0. The molecule has 0 radical (unpaired) electrons. The fourth-order valence-electron chi connectivity index (χ4n) is 3.45. The summed E-state index contributed by atoms with van der Waals surface area (Å²) in [5.41, 5.74) is 5.24. The Kier molecular flexibility index (Phi) is 6.06. The summed E-state index contributed by atoms with van der Waals surface area (Å²) in [6, 6.07) is 17.7. The molecule has 0 nitrogen and oxygen atoms in total. The first kappa shape index (κ1) is 17.5. The van der Waals surface area contributed by atoms with E-state index in [2.05, 4.69) is 86.3 Å². The summed E-state index contributed by atoms with van der Waals surface area (Å²) in [5, 5.41) is 0. The van der Waals surface area contributed by atoms with Crippen molar-refractivity contribution in [2.24, 2.45) is 5.92 Å². The predicted molar refractivity (Wildman–Crippen MR) is 111 cm³/mol. The lowest BCUT2D eigenvalue weighted by Gasteiger charge is -2.23. The van der Waals surface area contributed by atoms with Crippen LogP contribution in [0, 0.1) is 12.8 Å². The Labute approximate surface area is 152 Å². The Bertz CT molecular complexity index is 729. The third kappa shape index (κ3) is 5.06. The third-order valence-corrected chi connectivity index (χ3v) is 5.12. The van der Waals surface area contributed by atoms with Gasteiger partial charge in [0.15, 0.2) is 0 Å². The molecule has 1 aliphatic carbocycles. The molecular formula is C25H28. The standard InChI is InChI=1S/C25H28/c1-3-4-5-21-12-16-24(17-13-21)25-18-14-23(15-19-25)11-10-22-8-6-20(2)7-9-22/h3,6-12,14-16,18-19,21,24H,1,4-5,13,17H2,2H3/b11-10+. The van der Waals surface area contributed by atoms with E-state index in [-0.39, 0.29) is 0 Å². The van der Waals surface area contributed by atoms with Gasteiger partial charge in [-0.15, -0.1) is 6.58 Å². The average molecular weight is 328 g/mol. The highest BCUT2D eigenvalue weighted by Crippen LogP contribution is 2.32. The molecule has 0 N–H and O–H groups in total. The fraction of sp³-hybridized carbons (Fsp3) is 0.280. The second-order valence-corrected chi connectivity index (χ2v) is 7.11. The number of allylic oxidation sites excluding steroid dienone is 3. The van der Waals surface area contributed by atoms with Gasteiger partial charge in [-0.2, -0.15) is 0 Å². The van der Waals surface area contributed by atoms with Crippen LogP contribution in [0.15, 0.2) is 73.3 Å². The molecule has 0 fully saturated rings. The van der Waals surface area contributed by atoms with Crippen LogP contribution in [0.1, 0.15) is 53.9 Å². The molecule has 128 valence electrons. The molecule has 1 aliphatic rings.